The quantitative estimate of drug-likeness (QED) is 0.428. The summed E-state index contributed by atoms with van der Waals surface area (Å²) in [6, 6.07) is 0. The largest absolute Gasteiger partial charge is 0.512 e. The Bertz CT molecular complexity index is 169. The Kier molecular flexibility index (Phi) is 25.1. The van der Waals surface area contributed by atoms with Crippen LogP contribution in [0.15, 0.2) is 11.8 Å². The maximum Gasteiger partial charge on any atom is 0.300 e. The molecule has 0 saturated heterocycles. The van der Waals surface area contributed by atoms with Crippen molar-refractivity contribution in [1.82, 2.24) is 0 Å². The van der Waals surface area contributed by atoms with Crippen molar-refractivity contribution in [3.63, 3.8) is 0 Å². The maximum atomic E-state index is 10.0. The molecule has 0 aromatic heterocycles. The molecule has 4 nitrogen and oxygen atoms in total. The second kappa shape index (κ2) is 14.2. The van der Waals surface area contributed by atoms with Gasteiger partial charge < -0.3 is 10.2 Å². The first kappa shape index (κ1) is 23.0. The van der Waals surface area contributed by atoms with Crippen LogP contribution in [0, 0.1) is 0 Å². The van der Waals surface area contributed by atoms with Gasteiger partial charge in [-0.3, -0.25) is 9.59 Å². The van der Waals surface area contributed by atoms with Crippen LogP contribution in [0.2, 0.25) is 0 Å². The molecule has 0 amide bonds. The molecule has 0 heterocycles. The zero-order valence-electron chi connectivity index (χ0n) is 7.42. The number of carboxylic acids is 1. The summed E-state index contributed by atoms with van der Waals surface area (Å²) in [5.41, 5.74) is 0. The van der Waals surface area contributed by atoms with Crippen molar-refractivity contribution < 1.29 is 52.8 Å². The number of ketones is 1. The van der Waals surface area contributed by atoms with Gasteiger partial charge in [-0.15, -0.1) is 0 Å². The van der Waals surface area contributed by atoms with Crippen LogP contribution in [0.5, 0.6) is 0 Å². The van der Waals surface area contributed by atoms with Gasteiger partial charge in [0, 0.05) is 46.0 Å². The summed E-state index contributed by atoms with van der Waals surface area (Å²) in [7, 11) is 0. The van der Waals surface area contributed by atoms with Gasteiger partial charge in [0.1, 0.15) is 0 Å². The topological polar surface area (TPSA) is 74.6 Å². The fraction of sp³-hybridized carbons (Fsp3) is 0.429. The van der Waals surface area contributed by atoms with Gasteiger partial charge in [0.25, 0.3) is 5.97 Å². The zero-order valence-corrected chi connectivity index (χ0v) is 9.40. The third kappa shape index (κ3) is 81.1. The Hall–Kier alpha value is -0.333. The standard InChI is InChI=1S/C5H8O2.C2H4O2.2Ni/c1-4(6)3-5(2)7;1-2(3)4;;/h3,6H,1-2H3;1H3,(H,3,4);;/b4-3-;;;. The van der Waals surface area contributed by atoms with Crippen molar-refractivity contribution in [1.29, 1.82) is 0 Å². The maximum absolute atomic E-state index is 10.0. The van der Waals surface area contributed by atoms with Gasteiger partial charge in [-0.05, 0) is 13.8 Å². The number of aliphatic hydroxyl groups is 1. The van der Waals surface area contributed by atoms with E-state index in [9.17, 15) is 4.79 Å². The van der Waals surface area contributed by atoms with E-state index >= 15 is 0 Å². The fourth-order valence-corrected chi connectivity index (χ4v) is 0.294. The van der Waals surface area contributed by atoms with E-state index in [1.807, 2.05) is 0 Å². The number of hydrogen-bond donors (Lipinski definition) is 2. The molecule has 0 fully saturated rings. The van der Waals surface area contributed by atoms with E-state index in [1.54, 1.807) is 0 Å². The zero-order chi connectivity index (χ0) is 9.44. The molecule has 6 heteroatoms. The van der Waals surface area contributed by atoms with Crippen LogP contribution in [0.4, 0.5) is 0 Å². The van der Waals surface area contributed by atoms with Gasteiger partial charge in [0.2, 0.25) is 0 Å². The third-order valence-electron chi connectivity index (χ3n) is 0.412. The van der Waals surface area contributed by atoms with Crippen LogP contribution in [0.1, 0.15) is 20.8 Å². The van der Waals surface area contributed by atoms with E-state index in [1.165, 1.54) is 19.9 Å². The van der Waals surface area contributed by atoms with E-state index in [0.717, 1.165) is 6.92 Å². The summed E-state index contributed by atoms with van der Waals surface area (Å²) >= 11 is 0. The number of aliphatic hydroxyl groups excluding tert-OH is 1. The van der Waals surface area contributed by atoms with E-state index in [0.29, 0.717) is 0 Å². The monoisotopic (exact) mass is 276 g/mol. The SMILES string of the molecule is CC(=O)/C=C(/C)O.CC(=O)O.[Ni].[Ni]. The molecule has 0 aliphatic rings. The van der Waals surface area contributed by atoms with Crippen molar-refractivity contribution in [2.45, 2.75) is 20.8 Å². The molecule has 13 heavy (non-hydrogen) atoms. The minimum Gasteiger partial charge on any atom is -0.512 e. The normalized spacial score (nSPS) is 8.08. The summed E-state index contributed by atoms with van der Waals surface area (Å²) in [6.45, 7) is 3.93. The van der Waals surface area contributed by atoms with Crippen molar-refractivity contribution in [2.75, 3.05) is 0 Å². The van der Waals surface area contributed by atoms with Gasteiger partial charge in [-0.2, -0.15) is 0 Å². The van der Waals surface area contributed by atoms with Crippen LogP contribution < -0.4 is 0 Å². The molecular weight excluding hydrogens is 265 g/mol. The molecule has 0 atom stereocenters. The summed E-state index contributed by atoms with van der Waals surface area (Å²) in [5, 5.41) is 15.8. The fourth-order valence-electron chi connectivity index (χ4n) is 0.294. The predicted octanol–water partition coefficient (Wildman–Crippen LogP) is 1.12. The van der Waals surface area contributed by atoms with E-state index in [4.69, 9.17) is 15.0 Å². The third-order valence-corrected chi connectivity index (χ3v) is 0.412. The molecule has 0 saturated carbocycles. The summed E-state index contributed by atoms with van der Waals surface area (Å²) < 4.78 is 0. The molecule has 0 unspecified atom stereocenters. The molecule has 0 rings (SSSR count). The molecular formula is C7H12Ni2O4. The van der Waals surface area contributed by atoms with Crippen LogP contribution in [-0.4, -0.2) is 22.0 Å². The second-order valence-corrected chi connectivity index (χ2v) is 1.92. The average molecular weight is 278 g/mol. The molecule has 0 aromatic carbocycles. The molecule has 0 aromatic rings. The first-order valence-corrected chi connectivity index (χ1v) is 2.93. The molecule has 0 aliphatic heterocycles. The Balaban J connectivity index is -0.0000000600. The van der Waals surface area contributed by atoms with Crippen LogP contribution >= 0.6 is 0 Å². The number of carboxylic acid groups (broad SMARTS) is 1. The van der Waals surface area contributed by atoms with Crippen LogP contribution in [-0.2, 0) is 42.6 Å². The van der Waals surface area contributed by atoms with Crippen molar-refractivity contribution in [3.05, 3.63) is 11.8 Å². The number of carbonyl (C=O) groups is 2. The van der Waals surface area contributed by atoms with Gasteiger partial charge in [-0.1, -0.05) is 0 Å². The van der Waals surface area contributed by atoms with Crippen molar-refractivity contribution in [2.24, 2.45) is 0 Å². The summed E-state index contributed by atoms with van der Waals surface area (Å²) in [5.74, 6) is -0.896. The Morgan fingerprint density at radius 2 is 1.23 bits per heavy atom. The first-order valence-electron chi connectivity index (χ1n) is 2.93. The minimum atomic E-state index is -0.833. The summed E-state index contributed by atoms with van der Waals surface area (Å²) in [6.07, 6.45) is 1.17. The number of carbonyl (C=O) groups excluding carboxylic acids is 1. The molecule has 0 radical (unpaired) electrons. The predicted molar refractivity (Wildman–Crippen MR) is 40.4 cm³/mol. The van der Waals surface area contributed by atoms with Crippen LogP contribution in [0.25, 0.3) is 0 Å². The van der Waals surface area contributed by atoms with Gasteiger partial charge in [0.15, 0.2) is 5.78 Å². The molecule has 0 bridgehead atoms. The summed E-state index contributed by atoms with van der Waals surface area (Å²) in [4.78, 5) is 19.0. The average Bonchev–Trinajstić information content (AvgIpc) is 1.56. The first-order chi connectivity index (χ1) is 4.86. The Morgan fingerprint density at radius 1 is 1.00 bits per heavy atom. The Morgan fingerprint density at radius 3 is 1.23 bits per heavy atom. The van der Waals surface area contributed by atoms with Gasteiger partial charge >= 0.3 is 0 Å². The molecule has 84 valence electrons. The molecule has 0 spiro atoms. The number of hydrogen-bond acceptors (Lipinski definition) is 3. The second-order valence-electron chi connectivity index (χ2n) is 1.92. The minimum absolute atomic E-state index is 0. The molecule has 2 N–H and O–H groups in total. The van der Waals surface area contributed by atoms with Crippen LogP contribution in [0.3, 0.4) is 0 Å². The van der Waals surface area contributed by atoms with Gasteiger partial charge in [0.05, 0.1) is 5.76 Å². The smallest absolute Gasteiger partial charge is 0.300 e. The number of allylic oxidation sites excluding steroid dienone is 2. The molecule has 0 aliphatic carbocycles. The number of aliphatic carboxylic acids is 1. The van der Waals surface area contributed by atoms with E-state index in [2.05, 4.69) is 0 Å². The van der Waals surface area contributed by atoms with Crippen molar-refractivity contribution in [3.8, 4) is 0 Å². The van der Waals surface area contributed by atoms with E-state index in [-0.39, 0.29) is 44.5 Å². The number of rotatable bonds is 1. The van der Waals surface area contributed by atoms with Crippen molar-refractivity contribution >= 4 is 11.8 Å². The Labute approximate surface area is 97.3 Å². The van der Waals surface area contributed by atoms with E-state index < -0.39 is 5.97 Å². The van der Waals surface area contributed by atoms with Gasteiger partial charge in [-0.25, -0.2) is 0 Å².